The van der Waals surface area contributed by atoms with E-state index in [1.165, 1.54) is 14.2 Å². The molecule has 0 bridgehead atoms. The van der Waals surface area contributed by atoms with Gasteiger partial charge in [-0.15, -0.1) is 0 Å². The van der Waals surface area contributed by atoms with Gasteiger partial charge >= 0.3 is 0 Å². The Balaban J connectivity index is 2.18. The molecule has 2 aromatic carbocycles. The van der Waals surface area contributed by atoms with Gasteiger partial charge in [-0.25, -0.2) is 4.98 Å². The van der Waals surface area contributed by atoms with Crippen LogP contribution in [-0.4, -0.2) is 42.3 Å². The monoisotopic (exact) mass is 411 g/mol. The summed E-state index contributed by atoms with van der Waals surface area (Å²) in [6, 6.07) is 6.46. The Bertz CT molecular complexity index is 1140. The maximum Gasteiger partial charge on any atom is 0.294 e. The van der Waals surface area contributed by atoms with Crippen LogP contribution in [-0.2, 0) is 10.1 Å². The number of hydrogen-bond acceptors (Lipinski definition) is 8. The van der Waals surface area contributed by atoms with Crippen LogP contribution < -0.4 is 14.8 Å². The minimum Gasteiger partial charge on any atom is -0.506 e. The number of aromatic nitrogens is 2. The van der Waals surface area contributed by atoms with Gasteiger partial charge in [0.1, 0.15) is 11.6 Å². The van der Waals surface area contributed by atoms with E-state index in [0.717, 1.165) is 18.2 Å². The fraction of sp³-hybridized carbons (Fsp3) is 0.125. The van der Waals surface area contributed by atoms with Crippen molar-refractivity contribution < 1.29 is 27.6 Å². The number of fused-ring (bicyclic) bond motifs is 1. The summed E-state index contributed by atoms with van der Waals surface area (Å²) in [5.41, 5.74) is 0.427. The molecule has 0 saturated carbocycles. The van der Waals surface area contributed by atoms with E-state index in [9.17, 15) is 18.1 Å². The highest BCUT2D eigenvalue weighted by atomic mass is 35.5. The van der Waals surface area contributed by atoms with Crippen molar-refractivity contribution in [2.45, 2.75) is 4.90 Å². The molecule has 1 aromatic heterocycles. The van der Waals surface area contributed by atoms with Gasteiger partial charge in [0.15, 0.2) is 11.5 Å². The predicted molar refractivity (Wildman–Crippen MR) is 98.9 cm³/mol. The molecule has 0 atom stereocenters. The van der Waals surface area contributed by atoms with Gasteiger partial charge in [-0.3, -0.25) is 4.55 Å². The second-order valence-corrected chi connectivity index (χ2v) is 7.10. The molecule has 0 aliphatic carbocycles. The third kappa shape index (κ3) is 3.82. The third-order valence-electron chi connectivity index (χ3n) is 3.69. The summed E-state index contributed by atoms with van der Waals surface area (Å²) >= 11 is 5.97. The molecule has 11 heteroatoms. The van der Waals surface area contributed by atoms with Crippen LogP contribution in [0.4, 0.5) is 11.5 Å². The van der Waals surface area contributed by atoms with Crippen LogP contribution in [0.3, 0.4) is 0 Å². The molecule has 0 aliphatic rings. The topological polar surface area (TPSA) is 131 Å². The average Bonchev–Trinajstić information content (AvgIpc) is 2.61. The first kappa shape index (κ1) is 19.0. The molecule has 0 saturated heterocycles. The number of hydrogen-bond donors (Lipinski definition) is 3. The van der Waals surface area contributed by atoms with E-state index in [-0.39, 0.29) is 22.5 Å². The molecule has 27 heavy (non-hydrogen) atoms. The van der Waals surface area contributed by atoms with Crippen molar-refractivity contribution in [1.29, 1.82) is 0 Å². The number of aromatic hydroxyl groups is 1. The van der Waals surface area contributed by atoms with Crippen LogP contribution in [0.15, 0.2) is 35.2 Å². The van der Waals surface area contributed by atoms with Crippen LogP contribution in [0, 0.1) is 0 Å². The molecule has 0 unspecified atom stereocenters. The van der Waals surface area contributed by atoms with Crippen molar-refractivity contribution in [2.75, 3.05) is 19.5 Å². The molecule has 0 spiro atoms. The van der Waals surface area contributed by atoms with Crippen molar-refractivity contribution in [3.05, 3.63) is 35.6 Å². The molecule has 3 N–H and O–H groups in total. The van der Waals surface area contributed by atoms with Crippen molar-refractivity contribution in [1.82, 2.24) is 9.97 Å². The van der Waals surface area contributed by atoms with Crippen LogP contribution >= 0.6 is 11.6 Å². The number of phenolic OH excluding ortho intramolecular Hbond substituents is 1. The lowest BCUT2D eigenvalue weighted by molar-refractivity contribution is 0.356. The lowest BCUT2D eigenvalue weighted by Gasteiger charge is -2.13. The van der Waals surface area contributed by atoms with Gasteiger partial charge < -0.3 is 19.9 Å². The molecule has 9 nitrogen and oxygen atoms in total. The van der Waals surface area contributed by atoms with Crippen LogP contribution in [0.1, 0.15) is 0 Å². The summed E-state index contributed by atoms with van der Waals surface area (Å²) in [5.74, 6) is 0.774. The number of rotatable bonds is 5. The van der Waals surface area contributed by atoms with E-state index in [0.29, 0.717) is 22.4 Å². The lowest BCUT2D eigenvalue weighted by atomic mass is 10.2. The number of methoxy groups -OCH3 is 2. The Morgan fingerprint density at radius 3 is 2.37 bits per heavy atom. The summed E-state index contributed by atoms with van der Waals surface area (Å²) in [6.07, 6.45) is 0. The van der Waals surface area contributed by atoms with E-state index in [4.69, 9.17) is 21.1 Å². The van der Waals surface area contributed by atoms with E-state index >= 15 is 0 Å². The maximum absolute atomic E-state index is 11.3. The summed E-state index contributed by atoms with van der Waals surface area (Å²) in [7, 11) is -1.51. The van der Waals surface area contributed by atoms with Crippen LogP contribution in [0.2, 0.25) is 5.28 Å². The molecule has 0 fully saturated rings. The first-order valence-electron chi connectivity index (χ1n) is 7.39. The first-order valence-corrected chi connectivity index (χ1v) is 9.21. The minimum absolute atomic E-state index is 0.00373. The van der Waals surface area contributed by atoms with E-state index < -0.39 is 15.0 Å². The average molecular weight is 412 g/mol. The zero-order chi connectivity index (χ0) is 19.8. The quantitative estimate of drug-likeness (QED) is 0.329. The van der Waals surface area contributed by atoms with Crippen molar-refractivity contribution in [3.63, 3.8) is 0 Å². The number of phenols is 1. The number of ether oxygens (including phenoxy) is 2. The molecular formula is C16H14ClN3O6S. The van der Waals surface area contributed by atoms with Crippen LogP contribution in [0.25, 0.3) is 10.9 Å². The molecule has 3 aromatic rings. The second kappa shape index (κ2) is 7.06. The SMILES string of the molecule is COc1cc2nc(Cl)nc(Nc3cc(S(=O)(=O)O)ccc3O)c2cc1OC. The molecule has 0 amide bonds. The predicted octanol–water partition coefficient (Wildman–Crippen LogP) is 3.00. The van der Waals surface area contributed by atoms with Gasteiger partial charge in [-0.1, -0.05) is 0 Å². The van der Waals surface area contributed by atoms with E-state index in [1.54, 1.807) is 12.1 Å². The number of benzene rings is 2. The van der Waals surface area contributed by atoms with Crippen molar-refractivity contribution >= 4 is 44.1 Å². The minimum atomic E-state index is -4.45. The highest BCUT2D eigenvalue weighted by Gasteiger charge is 2.16. The zero-order valence-corrected chi connectivity index (χ0v) is 15.7. The summed E-state index contributed by atoms with van der Waals surface area (Å²) in [4.78, 5) is 7.81. The standard InChI is InChI=1S/C16H14ClN3O6S/c1-25-13-6-9-10(7-14(13)26-2)19-16(17)20-15(9)18-11-5-8(27(22,23)24)3-4-12(11)21/h3-7,21H,1-2H3,(H,18,19,20)(H,22,23,24). The Morgan fingerprint density at radius 1 is 1.07 bits per heavy atom. The summed E-state index contributed by atoms with van der Waals surface area (Å²) in [6.45, 7) is 0. The highest BCUT2D eigenvalue weighted by Crippen LogP contribution is 2.37. The molecule has 0 aliphatic heterocycles. The largest absolute Gasteiger partial charge is 0.506 e. The van der Waals surface area contributed by atoms with Crippen molar-refractivity contribution in [2.24, 2.45) is 0 Å². The number of nitrogens with one attached hydrogen (secondary N) is 1. The molecular weight excluding hydrogens is 398 g/mol. The highest BCUT2D eigenvalue weighted by molar-refractivity contribution is 7.85. The van der Waals surface area contributed by atoms with E-state index in [2.05, 4.69) is 15.3 Å². The fourth-order valence-corrected chi connectivity index (χ4v) is 3.11. The normalized spacial score (nSPS) is 11.4. The first-order chi connectivity index (χ1) is 12.7. The summed E-state index contributed by atoms with van der Waals surface area (Å²) in [5, 5.41) is 13.2. The van der Waals surface area contributed by atoms with Crippen molar-refractivity contribution in [3.8, 4) is 17.2 Å². The zero-order valence-electron chi connectivity index (χ0n) is 14.1. The third-order valence-corrected chi connectivity index (χ3v) is 4.71. The van der Waals surface area contributed by atoms with Gasteiger partial charge in [-0.05, 0) is 35.9 Å². The Kier molecular flexibility index (Phi) is 4.96. The van der Waals surface area contributed by atoms with Gasteiger partial charge in [0.2, 0.25) is 5.28 Å². The number of anilines is 2. The van der Waals surface area contributed by atoms with Crippen LogP contribution in [0.5, 0.6) is 17.2 Å². The van der Waals surface area contributed by atoms with Gasteiger partial charge in [0.25, 0.3) is 10.1 Å². The Morgan fingerprint density at radius 2 is 1.74 bits per heavy atom. The van der Waals surface area contributed by atoms with Gasteiger partial charge in [-0.2, -0.15) is 13.4 Å². The fourth-order valence-electron chi connectivity index (χ4n) is 2.43. The molecule has 1 heterocycles. The number of nitrogens with zero attached hydrogens (tertiary/aromatic N) is 2. The molecule has 3 rings (SSSR count). The molecule has 0 radical (unpaired) electrons. The summed E-state index contributed by atoms with van der Waals surface area (Å²) < 4.78 is 42.4. The second-order valence-electron chi connectivity index (χ2n) is 5.34. The molecule has 142 valence electrons. The Labute approximate surface area is 159 Å². The maximum atomic E-state index is 11.3. The van der Waals surface area contributed by atoms with Gasteiger partial charge in [0, 0.05) is 11.5 Å². The Hall–Kier alpha value is -2.82. The lowest BCUT2D eigenvalue weighted by Crippen LogP contribution is -2.02. The van der Waals surface area contributed by atoms with E-state index in [1.807, 2.05) is 0 Å². The van der Waals surface area contributed by atoms with Gasteiger partial charge in [0.05, 0.1) is 30.3 Å². The smallest absolute Gasteiger partial charge is 0.294 e. The number of halogens is 1.